The predicted molar refractivity (Wildman–Crippen MR) is 61.7 cm³/mol. The average Bonchev–Trinajstić information content (AvgIpc) is 2.23. The van der Waals surface area contributed by atoms with E-state index in [1.54, 1.807) is 0 Å². The van der Waals surface area contributed by atoms with Gasteiger partial charge in [-0.05, 0) is 18.8 Å². The Morgan fingerprint density at radius 3 is 2.71 bits per heavy atom. The lowest BCUT2D eigenvalue weighted by molar-refractivity contribution is -0.0976. The monoisotopic (exact) mass is 259 g/mol. The lowest BCUT2D eigenvalue weighted by Crippen LogP contribution is -2.43. The van der Waals surface area contributed by atoms with Crippen LogP contribution in [0.2, 0.25) is 5.15 Å². The van der Waals surface area contributed by atoms with Gasteiger partial charge in [0.1, 0.15) is 11.3 Å². The number of nitrogen functional groups attached to an aromatic ring is 1. The van der Waals surface area contributed by atoms with E-state index in [2.05, 4.69) is 9.97 Å². The lowest BCUT2D eigenvalue weighted by Gasteiger charge is -2.42. The maximum Gasteiger partial charge on any atom is 0.222 e. The molecule has 0 aromatic carbocycles. The minimum atomic E-state index is -1.14. The maximum atomic E-state index is 10.3. The van der Waals surface area contributed by atoms with E-state index < -0.39 is 5.60 Å². The van der Waals surface area contributed by atoms with Crippen molar-refractivity contribution in [2.75, 3.05) is 19.5 Å². The summed E-state index contributed by atoms with van der Waals surface area (Å²) in [5.41, 5.74) is 4.66. The number of rotatable bonds is 3. The van der Waals surface area contributed by atoms with Crippen molar-refractivity contribution in [1.29, 1.82) is 0 Å². The first kappa shape index (κ1) is 12.3. The molecule has 0 atom stereocenters. The van der Waals surface area contributed by atoms with Crippen molar-refractivity contribution in [1.82, 2.24) is 9.97 Å². The lowest BCUT2D eigenvalue weighted by atomic mass is 9.69. The fourth-order valence-electron chi connectivity index (χ4n) is 2.15. The third kappa shape index (κ3) is 2.03. The number of nitrogens with two attached hydrogens (primary N) is 1. The van der Waals surface area contributed by atoms with Crippen molar-refractivity contribution >= 4 is 17.5 Å². The van der Waals surface area contributed by atoms with Crippen molar-refractivity contribution in [3.8, 4) is 5.75 Å². The Bertz CT molecular complexity index is 435. The molecular formula is C10H14ClN3O3. The van der Waals surface area contributed by atoms with Crippen LogP contribution in [0.3, 0.4) is 0 Å². The summed E-state index contributed by atoms with van der Waals surface area (Å²) in [5, 5.41) is 19.4. The second-order valence-electron chi connectivity index (χ2n) is 4.24. The van der Waals surface area contributed by atoms with E-state index in [1.165, 1.54) is 7.11 Å². The van der Waals surface area contributed by atoms with Crippen LogP contribution in [0.15, 0.2) is 0 Å². The Hall–Kier alpha value is -1.11. The topological polar surface area (TPSA) is 101 Å². The second kappa shape index (κ2) is 4.29. The van der Waals surface area contributed by atoms with Gasteiger partial charge in [0, 0.05) is 6.61 Å². The summed E-state index contributed by atoms with van der Waals surface area (Å²) in [6.07, 6.45) is 0.819. The summed E-state index contributed by atoms with van der Waals surface area (Å²) in [5.74, 6) is 0.297. The Labute approximate surface area is 103 Å². The Morgan fingerprint density at radius 1 is 1.53 bits per heavy atom. The second-order valence-corrected chi connectivity index (χ2v) is 4.60. The van der Waals surface area contributed by atoms with E-state index in [1.807, 2.05) is 0 Å². The molecule has 17 heavy (non-hydrogen) atoms. The molecular weight excluding hydrogens is 246 g/mol. The predicted octanol–water partition coefficient (Wildman–Crippen LogP) is 0.311. The molecule has 6 nitrogen and oxygen atoms in total. The standard InChI is InChI=1S/C10H14ClN3O3/c1-17-6-7(13-9(12)14-8(6)11)10(16)2-5(3-10)4-15/h5,15-16H,2-4H2,1H3,(H2,12,13,14). The van der Waals surface area contributed by atoms with Gasteiger partial charge in [-0.25, -0.2) is 4.98 Å². The van der Waals surface area contributed by atoms with Crippen LogP contribution in [-0.4, -0.2) is 33.9 Å². The molecule has 0 bridgehead atoms. The number of hydrogen-bond acceptors (Lipinski definition) is 6. The van der Waals surface area contributed by atoms with Crippen LogP contribution in [-0.2, 0) is 5.60 Å². The molecule has 94 valence electrons. The smallest absolute Gasteiger partial charge is 0.222 e. The molecule has 0 amide bonds. The quantitative estimate of drug-likeness (QED) is 0.676. The molecule has 1 aromatic rings. The SMILES string of the molecule is COc1c(Cl)nc(N)nc1C1(O)CC(CO)C1. The van der Waals surface area contributed by atoms with E-state index in [0.717, 1.165) is 0 Å². The number of nitrogens with zero attached hydrogens (tertiary/aromatic N) is 2. The maximum absolute atomic E-state index is 10.3. The largest absolute Gasteiger partial charge is 0.492 e. The minimum Gasteiger partial charge on any atom is -0.492 e. The van der Waals surface area contributed by atoms with Crippen LogP contribution in [0, 0.1) is 5.92 Å². The molecule has 1 aliphatic rings. The van der Waals surface area contributed by atoms with Gasteiger partial charge in [0.2, 0.25) is 5.95 Å². The molecule has 0 spiro atoms. The number of halogens is 1. The molecule has 0 saturated heterocycles. The summed E-state index contributed by atoms with van der Waals surface area (Å²) >= 11 is 5.88. The van der Waals surface area contributed by atoms with Gasteiger partial charge < -0.3 is 20.7 Å². The first-order valence-corrected chi connectivity index (χ1v) is 5.58. The van der Waals surface area contributed by atoms with Crippen LogP contribution >= 0.6 is 11.6 Å². The van der Waals surface area contributed by atoms with Crippen LogP contribution in [0.4, 0.5) is 5.95 Å². The van der Waals surface area contributed by atoms with Crippen molar-refractivity contribution in [2.24, 2.45) is 5.92 Å². The van der Waals surface area contributed by atoms with Crippen LogP contribution < -0.4 is 10.5 Å². The zero-order valence-corrected chi connectivity index (χ0v) is 10.1. The van der Waals surface area contributed by atoms with Gasteiger partial charge >= 0.3 is 0 Å². The summed E-state index contributed by atoms with van der Waals surface area (Å²) in [6, 6.07) is 0. The summed E-state index contributed by atoms with van der Waals surface area (Å²) in [6.45, 7) is 0.0406. The molecule has 7 heteroatoms. The Balaban J connectivity index is 2.38. The molecule has 1 aromatic heterocycles. The van der Waals surface area contributed by atoms with Crippen molar-refractivity contribution in [3.05, 3.63) is 10.8 Å². The third-order valence-corrected chi connectivity index (χ3v) is 3.25. The number of aliphatic hydroxyl groups is 2. The number of aromatic nitrogens is 2. The fraction of sp³-hybridized carbons (Fsp3) is 0.600. The average molecular weight is 260 g/mol. The molecule has 1 fully saturated rings. The molecule has 1 saturated carbocycles. The molecule has 0 radical (unpaired) electrons. The first-order chi connectivity index (χ1) is 8.00. The van der Waals surface area contributed by atoms with Gasteiger partial charge in [0.25, 0.3) is 0 Å². The van der Waals surface area contributed by atoms with Crippen molar-refractivity contribution in [2.45, 2.75) is 18.4 Å². The first-order valence-electron chi connectivity index (χ1n) is 5.21. The van der Waals surface area contributed by atoms with E-state index in [-0.39, 0.29) is 29.4 Å². The highest BCUT2D eigenvalue weighted by atomic mass is 35.5. The van der Waals surface area contributed by atoms with E-state index in [4.69, 9.17) is 27.2 Å². The number of ether oxygens (including phenoxy) is 1. The van der Waals surface area contributed by atoms with Crippen LogP contribution in [0.1, 0.15) is 18.5 Å². The highest BCUT2D eigenvalue weighted by Gasteiger charge is 2.47. The highest BCUT2D eigenvalue weighted by Crippen LogP contribution is 2.48. The van der Waals surface area contributed by atoms with Gasteiger partial charge in [-0.2, -0.15) is 4.98 Å². The molecule has 0 unspecified atom stereocenters. The summed E-state index contributed by atoms with van der Waals surface area (Å²) in [4.78, 5) is 7.76. The summed E-state index contributed by atoms with van der Waals surface area (Å²) < 4.78 is 5.09. The van der Waals surface area contributed by atoms with Gasteiger partial charge in [0.05, 0.1) is 7.11 Å². The Morgan fingerprint density at radius 2 is 2.18 bits per heavy atom. The van der Waals surface area contributed by atoms with Crippen molar-refractivity contribution in [3.63, 3.8) is 0 Å². The molecule has 2 rings (SSSR count). The van der Waals surface area contributed by atoms with Gasteiger partial charge in [-0.15, -0.1) is 0 Å². The van der Waals surface area contributed by atoms with Gasteiger partial charge in [-0.3, -0.25) is 0 Å². The van der Waals surface area contributed by atoms with E-state index >= 15 is 0 Å². The number of aliphatic hydroxyl groups excluding tert-OH is 1. The summed E-state index contributed by atoms with van der Waals surface area (Å²) in [7, 11) is 1.43. The zero-order chi connectivity index (χ0) is 12.6. The van der Waals surface area contributed by atoms with E-state index in [9.17, 15) is 5.11 Å². The molecule has 1 aliphatic carbocycles. The molecule has 0 aliphatic heterocycles. The van der Waals surface area contributed by atoms with Crippen LogP contribution in [0.5, 0.6) is 5.75 Å². The van der Waals surface area contributed by atoms with Gasteiger partial charge in [0.15, 0.2) is 10.9 Å². The van der Waals surface area contributed by atoms with Crippen molar-refractivity contribution < 1.29 is 14.9 Å². The van der Waals surface area contributed by atoms with Gasteiger partial charge in [-0.1, -0.05) is 11.6 Å². The van der Waals surface area contributed by atoms with Crippen LogP contribution in [0.25, 0.3) is 0 Å². The highest BCUT2D eigenvalue weighted by molar-refractivity contribution is 6.31. The zero-order valence-electron chi connectivity index (χ0n) is 9.35. The normalized spacial score (nSPS) is 27.6. The number of methoxy groups -OCH3 is 1. The number of hydrogen-bond donors (Lipinski definition) is 3. The number of anilines is 1. The Kier molecular flexibility index (Phi) is 3.11. The fourth-order valence-corrected chi connectivity index (χ4v) is 2.41. The minimum absolute atomic E-state index is 0.00771. The van der Waals surface area contributed by atoms with E-state index in [0.29, 0.717) is 18.5 Å². The third-order valence-electron chi connectivity index (χ3n) is 3.00. The molecule has 4 N–H and O–H groups in total. The molecule has 1 heterocycles.